The normalized spacial score (nSPS) is 10.8. The highest BCUT2D eigenvalue weighted by Crippen LogP contribution is 2.31. The second kappa shape index (κ2) is 7.43. The van der Waals surface area contributed by atoms with Gasteiger partial charge in [-0.05, 0) is 54.3 Å². The van der Waals surface area contributed by atoms with Crippen molar-refractivity contribution in [2.75, 3.05) is 7.11 Å². The monoisotopic (exact) mass is 338 g/mol. The molecule has 4 nitrogen and oxygen atoms in total. The molecule has 1 aromatic heterocycles. The summed E-state index contributed by atoms with van der Waals surface area (Å²) in [5, 5.41) is 0.889. The Morgan fingerprint density at radius 1 is 1.08 bits per heavy atom. The molecule has 25 heavy (non-hydrogen) atoms. The van der Waals surface area contributed by atoms with Crippen LogP contribution in [0.5, 0.6) is 11.5 Å². The first-order valence-corrected chi connectivity index (χ1v) is 8.44. The van der Waals surface area contributed by atoms with Crippen molar-refractivity contribution in [3.63, 3.8) is 0 Å². The third kappa shape index (κ3) is 3.85. The molecule has 2 aromatic carbocycles. The second-order valence-electron chi connectivity index (χ2n) is 6.11. The molecule has 1 heterocycles. The fourth-order valence-electron chi connectivity index (χ4n) is 2.93. The highest BCUT2D eigenvalue weighted by molar-refractivity contribution is 5.87. The summed E-state index contributed by atoms with van der Waals surface area (Å²) >= 11 is 0. The van der Waals surface area contributed by atoms with E-state index in [1.165, 1.54) is 0 Å². The van der Waals surface area contributed by atoms with Gasteiger partial charge in [-0.25, -0.2) is 4.79 Å². The molecule has 130 valence electrons. The Kier molecular flexibility index (Phi) is 5.08. The Morgan fingerprint density at radius 2 is 1.84 bits per heavy atom. The summed E-state index contributed by atoms with van der Waals surface area (Å²) in [7, 11) is 1.65. The van der Waals surface area contributed by atoms with Crippen molar-refractivity contribution in [2.45, 2.75) is 33.3 Å². The smallest absolute Gasteiger partial charge is 0.336 e. The standard InChI is InChI=1S/C21H22O4/c1-4-5-16-12-20(22)25-19-11-14(2)10-18(21(16)19)24-13-15-6-8-17(23-3)9-7-15/h6-12H,4-5,13H2,1-3H3. The van der Waals surface area contributed by atoms with Crippen LogP contribution in [0.25, 0.3) is 11.0 Å². The van der Waals surface area contributed by atoms with Gasteiger partial charge in [0.15, 0.2) is 0 Å². The van der Waals surface area contributed by atoms with E-state index in [9.17, 15) is 4.79 Å². The fourth-order valence-corrected chi connectivity index (χ4v) is 2.93. The fraction of sp³-hybridized carbons (Fsp3) is 0.286. The van der Waals surface area contributed by atoms with Crippen molar-refractivity contribution >= 4 is 11.0 Å². The molecule has 0 bridgehead atoms. The molecule has 0 atom stereocenters. The van der Waals surface area contributed by atoms with Crippen molar-refractivity contribution in [2.24, 2.45) is 0 Å². The molecule has 0 aliphatic heterocycles. The summed E-state index contributed by atoms with van der Waals surface area (Å²) in [5.74, 6) is 1.56. The molecule has 0 N–H and O–H groups in total. The van der Waals surface area contributed by atoms with Gasteiger partial charge in [-0.1, -0.05) is 25.5 Å². The average molecular weight is 338 g/mol. The Balaban J connectivity index is 1.97. The Bertz CT molecular complexity index is 923. The van der Waals surface area contributed by atoms with Gasteiger partial charge in [0.05, 0.1) is 12.5 Å². The minimum absolute atomic E-state index is 0.317. The zero-order valence-electron chi connectivity index (χ0n) is 14.8. The lowest BCUT2D eigenvalue weighted by atomic mass is 10.0. The molecule has 0 aliphatic carbocycles. The van der Waals surface area contributed by atoms with E-state index in [0.29, 0.717) is 12.2 Å². The van der Waals surface area contributed by atoms with E-state index < -0.39 is 0 Å². The zero-order valence-corrected chi connectivity index (χ0v) is 14.8. The van der Waals surface area contributed by atoms with E-state index in [-0.39, 0.29) is 5.63 Å². The maximum absolute atomic E-state index is 11.8. The van der Waals surface area contributed by atoms with Crippen molar-refractivity contribution < 1.29 is 13.9 Å². The molecule has 0 saturated carbocycles. The van der Waals surface area contributed by atoms with Crippen LogP contribution in [-0.4, -0.2) is 7.11 Å². The summed E-state index contributed by atoms with van der Waals surface area (Å²) in [4.78, 5) is 11.8. The zero-order chi connectivity index (χ0) is 17.8. The van der Waals surface area contributed by atoms with Gasteiger partial charge in [-0.15, -0.1) is 0 Å². The number of ether oxygens (including phenoxy) is 2. The SMILES string of the molecule is CCCc1cc(=O)oc2cc(C)cc(OCc3ccc(OC)cc3)c12. The molecular weight excluding hydrogens is 316 g/mol. The number of hydrogen-bond donors (Lipinski definition) is 0. The second-order valence-corrected chi connectivity index (χ2v) is 6.11. The maximum atomic E-state index is 11.8. The van der Waals surface area contributed by atoms with Crippen LogP contribution in [0.3, 0.4) is 0 Å². The lowest BCUT2D eigenvalue weighted by Crippen LogP contribution is -2.03. The summed E-state index contributed by atoms with van der Waals surface area (Å²) < 4.78 is 16.7. The number of benzene rings is 2. The van der Waals surface area contributed by atoms with Gasteiger partial charge in [-0.3, -0.25) is 0 Å². The first kappa shape index (κ1) is 17.1. The molecule has 0 radical (unpaired) electrons. The van der Waals surface area contributed by atoms with E-state index in [0.717, 1.165) is 46.4 Å². The van der Waals surface area contributed by atoms with Gasteiger partial charge < -0.3 is 13.9 Å². The number of hydrogen-bond acceptors (Lipinski definition) is 4. The van der Waals surface area contributed by atoms with Crippen LogP contribution in [0.1, 0.15) is 30.0 Å². The predicted molar refractivity (Wildman–Crippen MR) is 98.5 cm³/mol. The quantitative estimate of drug-likeness (QED) is 0.614. The van der Waals surface area contributed by atoms with Crippen LogP contribution in [0.2, 0.25) is 0 Å². The topological polar surface area (TPSA) is 48.7 Å². The lowest BCUT2D eigenvalue weighted by Gasteiger charge is -2.13. The molecule has 0 spiro atoms. The van der Waals surface area contributed by atoms with Gasteiger partial charge in [0, 0.05) is 6.07 Å². The molecule has 3 rings (SSSR count). The van der Waals surface area contributed by atoms with Crippen LogP contribution in [-0.2, 0) is 13.0 Å². The lowest BCUT2D eigenvalue weighted by molar-refractivity contribution is 0.309. The number of fused-ring (bicyclic) bond motifs is 1. The van der Waals surface area contributed by atoms with Gasteiger partial charge in [0.2, 0.25) is 0 Å². The van der Waals surface area contributed by atoms with Crippen molar-refractivity contribution in [1.82, 2.24) is 0 Å². The van der Waals surface area contributed by atoms with Crippen LogP contribution < -0.4 is 15.1 Å². The maximum Gasteiger partial charge on any atom is 0.336 e. The third-order valence-corrected chi connectivity index (χ3v) is 4.11. The molecule has 3 aromatic rings. The first-order valence-electron chi connectivity index (χ1n) is 8.44. The summed E-state index contributed by atoms with van der Waals surface area (Å²) in [5.41, 5.74) is 3.28. The van der Waals surface area contributed by atoms with E-state index in [1.54, 1.807) is 13.2 Å². The first-order chi connectivity index (χ1) is 12.1. The van der Waals surface area contributed by atoms with E-state index in [1.807, 2.05) is 43.3 Å². The molecule has 0 aliphatic rings. The average Bonchev–Trinajstić information content (AvgIpc) is 2.59. The van der Waals surface area contributed by atoms with E-state index in [4.69, 9.17) is 13.9 Å². The van der Waals surface area contributed by atoms with Crippen LogP contribution in [0.4, 0.5) is 0 Å². The largest absolute Gasteiger partial charge is 0.497 e. The molecule has 0 saturated heterocycles. The molecular formula is C21H22O4. The van der Waals surface area contributed by atoms with E-state index >= 15 is 0 Å². The van der Waals surface area contributed by atoms with Gasteiger partial charge >= 0.3 is 5.63 Å². The van der Waals surface area contributed by atoms with Gasteiger partial charge in [-0.2, -0.15) is 0 Å². The molecule has 0 amide bonds. The Morgan fingerprint density at radius 3 is 2.52 bits per heavy atom. The molecule has 4 heteroatoms. The number of methoxy groups -OCH3 is 1. The Hall–Kier alpha value is -2.75. The van der Waals surface area contributed by atoms with Crippen LogP contribution in [0.15, 0.2) is 51.7 Å². The van der Waals surface area contributed by atoms with Gasteiger partial charge in [0.25, 0.3) is 0 Å². The molecule has 0 unspecified atom stereocenters. The predicted octanol–water partition coefficient (Wildman–Crippen LogP) is 4.64. The number of aryl methyl sites for hydroxylation is 2. The van der Waals surface area contributed by atoms with Crippen LogP contribution in [0, 0.1) is 6.92 Å². The highest BCUT2D eigenvalue weighted by Gasteiger charge is 2.12. The van der Waals surface area contributed by atoms with E-state index in [2.05, 4.69) is 6.92 Å². The third-order valence-electron chi connectivity index (χ3n) is 4.11. The summed E-state index contributed by atoms with van der Waals surface area (Å²) in [6.07, 6.45) is 1.76. The van der Waals surface area contributed by atoms with Crippen molar-refractivity contribution in [3.05, 3.63) is 69.6 Å². The Labute approximate surface area is 147 Å². The number of rotatable bonds is 6. The van der Waals surface area contributed by atoms with Gasteiger partial charge in [0.1, 0.15) is 23.7 Å². The summed E-state index contributed by atoms with van der Waals surface area (Å²) in [6.45, 7) is 4.49. The highest BCUT2D eigenvalue weighted by atomic mass is 16.5. The summed E-state index contributed by atoms with van der Waals surface area (Å²) in [6, 6.07) is 13.2. The minimum Gasteiger partial charge on any atom is -0.497 e. The molecule has 0 fully saturated rings. The van der Waals surface area contributed by atoms with Crippen LogP contribution >= 0.6 is 0 Å². The van der Waals surface area contributed by atoms with Crippen molar-refractivity contribution in [1.29, 1.82) is 0 Å². The van der Waals surface area contributed by atoms with Crippen molar-refractivity contribution in [3.8, 4) is 11.5 Å². The minimum atomic E-state index is -0.317.